The highest BCUT2D eigenvalue weighted by atomic mass is 35.5. The number of anilines is 1. The van der Waals surface area contributed by atoms with Gasteiger partial charge in [-0.05, 0) is 18.2 Å². The molecule has 0 spiro atoms. The molecule has 1 N–H and O–H groups in total. The zero-order chi connectivity index (χ0) is 18.0. The van der Waals surface area contributed by atoms with Crippen LogP contribution < -0.4 is 5.32 Å². The van der Waals surface area contributed by atoms with Crippen LogP contribution in [0.4, 0.5) is 5.13 Å². The number of carbonyl (C=O) groups is 3. The lowest BCUT2D eigenvalue weighted by Gasteiger charge is -2.12. The van der Waals surface area contributed by atoms with E-state index in [0.717, 1.165) is 4.90 Å². The number of halogens is 2. The van der Waals surface area contributed by atoms with Gasteiger partial charge in [-0.15, -0.1) is 11.3 Å². The van der Waals surface area contributed by atoms with Gasteiger partial charge in [0.25, 0.3) is 0 Å². The van der Waals surface area contributed by atoms with Crippen molar-refractivity contribution in [1.82, 2.24) is 9.88 Å². The van der Waals surface area contributed by atoms with E-state index in [0.29, 0.717) is 26.4 Å². The number of rotatable bonds is 5. The second kappa shape index (κ2) is 7.51. The van der Waals surface area contributed by atoms with Gasteiger partial charge in [-0.25, -0.2) is 4.98 Å². The summed E-state index contributed by atoms with van der Waals surface area (Å²) in [5.41, 5.74) is 1.29. The van der Waals surface area contributed by atoms with Crippen LogP contribution in [0.25, 0.3) is 11.3 Å². The van der Waals surface area contributed by atoms with Gasteiger partial charge in [-0.2, -0.15) is 0 Å². The number of imide groups is 1. The lowest BCUT2D eigenvalue weighted by molar-refractivity contribution is -0.138. The van der Waals surface area contributed by atoms with Crippen molar-refractivity contribution in [3.63, 3.8) is 0 Å². The monoisotopic (exact) mass is 397 g/mol. The van der Waals surface area contributed by atoms with Crippen LogP contribution in [0, 0.1) is 0 Å². The molecule has 2 heterocycles. The normalized spacial score (nSPS) is 14.2. The molecule has 25 heavy (non-hydrogen) atoms. The molecule has 3 rings (SSSR count). The van der Waals surface area contributed by atoms with Crippen molar-refractivity contribution < 1.29 is 14.4 Å². The maximum absolute atomic E-state index is 12.0. The molecule has 1 fully saturated rings. The average molecular weight is 398 g/mol. The van der Waals surface area contributed by atoms with Gasteiger partial charge in [0.15, 0.2) is 5.13 Å². The number of likely N-dealkylation sites (tertiary alicyclic amines) is 1. The summed E-state index contributed by atoms with van der Waals surface area (Å²) in [5, 5.41) is 5.89. The first-order valence-corrected chi connectivity index (χ1v) is 9.11. The largest absolute Gasteiger partial charge is 0.302 e. The molecule has 1 aliphatic heterocycles. The summed E-state index contributed by atoms with van der Waals surface area (Å²) in [7, 11) is 0. The van der Waals surface area contributed by atoms with E-state index in [1.165, 1.54) is 11.3 Å². The number of nitrogens with one attached hydrogen (secondary N) is 1. The Morgan fingerprint density at radius 2 is 1.96 bits per heavy atom. The Labute approximate surface area is 157 Å². The van der Waals surface area contributed by atoms with Gasteiger partial charge in [0.05, 0.1) is 10.7 Å². The van der Waals surface area contributed by atoms with Gasteiger partial charge in [-0.3, -0.25) is 19.3 Å². The first kappa shape index (κ1) is 17.8. The molecule has 0 radical (unpaired) electrons. The molecule has 2 aromatic rings. The molecular formula is C16H13Cl2N3O3S. The SMILES string of the molecule is O=C(CCN1C(=O)CCC1=O)Nc1nc(-c2cc(Cl)ccc2Cl)cs1. The van der Waals surface area contributed by atoms with Crippen LogP contribution in [0.15, 0.2) is 23.6 Å². The fraction of sp³-hybridized carbons (Fsp3) is 0.250. The van der Waals surface area contributed by atoms with Crippen molar-refractivity contribution in [2.24, 2.45) is 0 Å². The van der Waals surface area contributed by atoms with Crippen LogP contribution in [0.3, 0.4) is 0 Å². The molecule has 1 aliphatic rings. The molecule has 9 heteroatoms. The van der Waals surface area contributed by atoms with Gasteiger partial charge in [0, 0.05) is 41.8 Å². The van der Waals surface area contributed by atoms with E-state index in [-0.39, 0.29) is 43.5 Å². The lowest BCUT2D eigenvalue weighted by Crippen LogP contribution is -2.32. The maximum Gasteiger partial charge on any atom is 0.229 e. The molecule has 0 saturated carbocycles. The van der Waals surface area contributed by atoms with Crippen molar-refractivity contribution in [2.75, 3.05) is 11.9 Å². The average Bonchev–Trinajstić information content (AvgIpc) is 3.15. The number of thiazole rings is 1. The van der Waals surface area contributed by atoms with Crippen molar-refractivity contribution in [2.45, 2.75) is 19.3 Å². The third-order valence-corrected chi connectivity index (χ3v) is 4.99. The molecule has 1 aromatic carbocycles. The Morgan fingerprint density at radius 3 is 2.68 bits per heavy atom. The number of aromatic nitrogens is 1. The summed E-state index contributed by atoms with van der Waals surface area (Å²) < 4.78 is 0. The fourth-order valence-electron chi connectivity index (χ4n) is 2.42. The van der Waals surface area contributed by atoms with Crippen LogP contribution in [0.2, 0.25) is 10.0 Å². The quantitative estimate of drug-likeness (QED) is 0.781. The maximum atomic E-state index is 12.0. The standard InChI is InChI=1S/C16H13Cl2N3O3S/c17-9-1-2-11(18)10(7-9)12-8-25-16(19-12)20-13(22)5-6-21-14(23)3-4-15(21)24/h1-2,7-8H,3-6H2,(H,19,20,22). The Bertz CT molecular complexity index is 837. The first-order chi connectivity index (χ1) is 11.9. The second-order valence-electron chi connectivity index (χ2n) is 5.40. The molecule has 1 saturated heterocycles. The minimum Gasteiger partial charge on any atom is -0.302 e. The molecule has 1 aromatic heterocycles. The summed E-state index contributed by atoms with van der Waals surface area (Å²) >= 11 is 13.4. The van der Waals surface area contributed by atoms with Crippen LogP contribution in [-0.4, -0.2) is 34.2 Å². The fourth-order valence-corrected chi connectivity index (χ4v) is 3.53. The number of hydrogen-bond donors (Lipinski definition) is 1. The first-order valence-electron chi connectivity index (χ1n) is 7.48. The van der Waals surface area contributed by atoms with E-state index >= 15 is 0 Å². The number of carbonyl (C=O) groups excluding carboxylic acids is 3. The van der Waals surface area contributed by atoms with Gasteiger partial charge in [0.2, 0.25) is 17.7 Å². The third-order valence-electron chi connectivity index (χ3n) is 3.67. The van der Waals surface area contributed by atoms with E-state index < -0.39 is 0 Å². The summed E-state index contributed by atoms with van der Waals surface area (Å²) in [6.07, 6.45) is 0.470. The van der Waals surface area contributed by atoms with Crippen molar-refractivity contribution >= 4 is 57.4 Å². The van der Waals surface area contributed by atoms with Gasteiger partial charge >= 0.3 is 0 Å². The smallest absolute Gasteiger partial charge is 0.229 e. The molecule has 3 amide bonds. The Hall–Kier alpha value is -1.96. The minimum atomic E-state index is -0.314. The number of benzene rings is 1. The van der Waals surface area contributed by atoms with Crippen LogP contribution in [0.5, 0.6) is 0 Å². The Kier molecular flexibility index (Phi) is 5.36. The second-order valence-corrected chi connectivity index (χ2v) is 7.10. The molecule has 0 unspecified atom stereocenters. The summed E-state index contributed by atoms with van der Waals surface area (Å²) in [5.74, 6) is -0.777. The van der Waals surface area contributed by atoms with Crippen molar-refractivity contribution in [3.05, 3.63) is 33.6 Å². The molecule has 0 atom stereocenters. The highest BCUT2D eigenvalue weighted by molar-refractivity contribution is 7.14. The predicted octanol–water partition coefficient (Wildman–Crippen LogP) is 3.59. The highest BCUT2D eigenvalue weighted by Crippen LogP contribution is 2.32. The van der Waals surface area contributed by atoms with Crippen molar-refractivity contribution in [3.8, 4) is 11.3 Å². The van der Waals surface area contributed by atoms with Crippen LogP contribution in [-0.2, 0) is 14.4 Å². The Morgan fingerprint density at radius 1 is 1.24 bits per heavy atom. The minimum absolute atomic E-state index is 0.0321. The van der Waals surface area contributed by atoms with E-state index in [9.17, 15) is 14.4 Å². The molecule has 0 bridgehead atoms. The van der Waals surface area contributed by atoms with E-state index in [4.69, 9.17) is 23.2 Å². The molecule has 6 nitrogen and oxygen atoms in total. The molecular weight excluding hydrogens is 385 g/mol. The van der Waals surface area contributed by atoms with Gasteiger partial charge < -0.3 is 5.32 Å². The van der Waals surface area contributed by atoms with E-state index in [1.54, 1.807) is 23.6 Å². The van der Waals surface area contributed by atoms with Gasteiger partial charge in [0.1, 0.15) is 0 Å². The van der Waals surface area contributed by atoms with Crippen LogP contribution in [0.1, 0.15) is 19.3 Å². The zero-order valence-electron chi connectivity index (χ0n) is 12.9. The van der Waals surface area contributed by atoms with E-state index in [2.05, 4.69) is 10.3 Å². The summed E-state index contributed by atoms with van der Waals surface area (Å²) in [6, 6.07) is 5.07. The number of nitrogens with zero attached hydrogens (tertiary/aromatic N) is 2. The zero-order valence-corrected chi connectivity index (χ0v) is 15.2. The number of hydrogen-bond acceptors (Lipinski definition) is 5. The summed E-state index contributed by atoms with van der Waals surface area (Å²) in [6.45, 7) is 0.0852. The number of amides is 3. The Balaban J connectivity index is 1.61. The third kappa shape index (κ3) is 4.18. The van der Waals surface area contributed by atoms with Gasteiger partial charge in [-0.1, -0.05) is 23.2 Å². The van der Waals surface area contributed by atoms with Crippen LogP contribution >= 0.6 is 34.5 Å². The predicted molar refractivity (Wildman–Crippen MR) is 96.8 cm³/mol. The van der Waals surface area contributed by atoms with E-state index in [1.807, 2.05) is 0 Å². The lowest BCUT2D eigenvalue weighted by atomic mass is 10.2. The summed E-state index contributed by atoms with van der Waals surface area (Å²) in [4.78, 5) is 40.5. The molecule has 0 aliphatic carbocycles. The highest BCUT2D eigenvalue weighted by Gasteiger charge is 2.28. The van der Waals surface area contributed by atoms with Crippen molar-refractivity contribution in [1.29, 1.82) is 0 Å². The molecule has 130 valence electrons. The topological polar surface area (TPSA) is 79.4 Å².